The molecule has 0 radical (unpaired) electrons. The number of urea groups is 1. The summed E-state index contributed by atoms with van der Waals surface area (Å²) in [7, 11) is 0. The lowest BCUT2D eigenvalue weighted by molar-refractivity contribution is -0.287. The van der Waals surface area contributed by atoms with Crippen LogP contribution in [0.2, 0.25) is 0 Å². The molecule has 1 aromatic heterocycles. The Hall–Kier alpha value is -3.92. The molecule has 0 bridgehead atoms. The van der Waals surface area contributed by atoms with E-state index in [4.69, 9.17) is 0 Å². The molecule has 2 amide bonds. The van der Waals surface area contributed by atoms with E-state index >= 15 is 0 Å². The van der Waals surface area contributed by atoms with Crippen molar-refractivity contribution >= 4 is 17.5 Å². The molecular formula is C26H25F3N4O3. The van der Waals surface area contributed by atoms with Crippen molar-refractivity contribution in [3.63, 3.8) is 0 Å². The Balaban J connectivity index is 1.70. The quantitative estimate of drug-likeness (QED) is 0.425. The third kappa shape index (κ3) is 4.90. The van der Waals surface area contributed by atoms with Gasteiger partial charge in [0, 0.05) is 36.7 Å². The zero-order valence-corrected chi connectivity index (χ0v) is 19.4. The van der Waals surface area contributed by atoms with E-state index < -0.39 is 35.7 Å². The summed E-state index contributed by atoms with van der Waals surface area (Å²) in [5.74, 6) is -3.11. The summed E-state index contributed by atoms with van der Waals surface area (Å²) in [6, 6.07) is 16.4. The Morgan fingerprint density at radius 3 is 2.36 bits per heavy atom. The first-order chi connectivity index (χ1) is 17.1. The van der Waals surface area contributed by atoms with Crippen LogP contribution in [0.25, 0.3) is 0 Å². The van der Waals surface area contributed by atoms with E-state index in [0.29, 0.717) is 13.1 Å². The molecule has 1 aliphatic heterocycles. The molecule has 3 atom stereocenters. The predicted molar refractivity (Wildman–Crippen MR) is 127 cm³/mol. The van der Waals surface area contributed by atoms with Crippen molar-refractivity contribution in [3.8, 4) is 0 Å². The maximum atomic E-state index is 14.1. The molecule has 3 N–H and O–H groups in total. The van der Waals surface area contributed by atoms with Crippen LogP contribution >= 0.6 is 0 Å². The molecule has 10 heteroatoms. The number of amides is 2. The van der Waals surface area contributed by atoms with Crippen LogP contribution in [-0.2, 0) is 6.54 Å². The summed E-state index contributed by atoms with van der Waals surface area (Å²) >= 11 is 0. The van der Waals surface area contributed by atoms with Gasteiger partial charge in [-0.15, -0.1) is 0 Å². The minimum absolute atomic E-state index is 0.121. The topological polar surface area (TPSA) is 94.6 Å². The number of carbonyl (C=O) groups is 2. The standard InChI is InChI=1S/C26H25F3N4O3/c1-2-33(16-17-7-4-3-5-8-17)20-12-10-18(11-13-20)22-21(23(34)19-9-6-14-30-15-19)25(36,26(27,28)29)32-24(35)31-22/h3-15,21-22,36H,2,16H2,1H3,(H2,31,32,35). The van der Waals surface area contributed by atoms with E-state index in [1.165, 1.54) is 23.6 Å². The lowest BCUT2D eigenvalue weighted by atomic mass is 9.77. The van der Waals surface area contributed by atoms with E-state index in [2.05, 4.69) is 15.2 Å². The second-order valence-corrected chi connectivity index (χ2v) is 8.52. The zero-order valence-electron chi connectivity index (χ0n) is 19.4. The van der Waals surface area contributed by atoms with Gasteiger partial charge in [0.2, 0.25) is 5.72 Å². The van der Waals surface area contributed by atoms with Crippen LogP contribution in [-0.4, -0.2) is 40.4 Å². The SMILES string of the molecule is CCN(Cc1ccccc1)c1ccc(C2NC(=O)NC(O)(C(F)(F)F)C2C(=O)c2cccnc2)cc1. The van der Waals surface area contributed by atoms with Gasteiger partial charge in [-0.1, -0.05) is 42.5 Å². The predicted octanol–water partition coefficient (Wildman–Crippen LogP) is 4.21. The largest absolute Gasteiger partial charge is 0.437 e. The third-order valence-electron chi connectivity index (χ3n) is 6.25. The number of rotatable bonds is 7. The van der Waals surface area contributed by atoms with Gasteiger partial charge in [0.05, 0.1) is 6.04 Å². The highest BCUT2D eigenvalue weighted by molar-refractivity contribution is 6.00. The summed E-state index contributed by atoms with van der Waals surface area (Å²) in [5, 5.41) is 14.6. The van der Waals surface area contributed by atoms with Gasteiger partial charge in [-0.3, -0.25) is 9.78 Å². The van der Waals surface area contributed by atoms with Gasteiger partial charge in [0.15, 0.2) is 5.78 Å². The van der Waals surface area contributed by atoms with Crippen LogP contribution in [0.5, 0.6) is 0 Å². The fourth-order valence-corrected chi connectivity index (χ4v) is 4.39. The average Bonchev–Trinajstić information content (AvgIpc) is 2.87. The molecule has 1 fully saturated rings. The number of halogens is 3. The first kappa shape index (κ1) is 25.2. The average molecular weight is 499 g/mol. The minimum atomic E-state index is -5.32. The first-order valence-corrected chi connectivity index (χ1v) is 11.3. The molecule has 3 unspecified atom stereocenters. The molecule has 2 heterocycles. The number of carbonyl (C=O) groups excluding carboxylic acids is 2. The van der Waals surface area contributed by atoms with Crippen molar-refractivity contribution in [2.45, 2.75) is 31.4 Å². The summed E-state index contributed by atoms with van der Waals surface area (Å²) in [5.41, 5.74) is -1.76. The highest BCUT2D eigenvalue weighted by Gasteiger charge is 2.66. The number of aliphatic hydroxyl groups is 1. The van der Waals surface area contributed by atoms with Crippen LogP contribution in [0.15, 0.2) is 79.1 Å². The maximum Gasteiger partial charge on any atom is 0.437 e. The van der Waals surface area contributed by atoms with Gasteiger partial charge in [0.25, 0.3) is 0 Å². The number of hydrogen-bond acceptors (Lipinski definition) is 5. The summed E-state index contributed by atoms with van der Waals surface area (Å²) in [6.07, 6.45) is -2.82. The van der Waals surface area contributed by atoms with Crippen LogP contribution < -0.4 is 15.5 Å². The van der Waals surface area contributed by atoms with Crippen LogP contribution in [0.3, 0.4) is 0 Å². The van der Waals surface area contributed by atoms with Crippen molar-refractivity contribution in [1.29, 1.82) is 0 Å². The first-order valence-electron chi connectivity index (χ1n) is 11.3. The number of ketones is 1. The van der Waals surface area contributed by atoms with Gasteiger partial charge in [0.1, 0.15) is 5.92 Å². The van der Waals surface area contributed by atoms with Crippen LogP contribution in [0.1, 0.15) is 34.5 Å². The summed E-state index contributed by atoms with van der Waals surface area (Å²) < 4.78 is 42.2. The Labute approximate surface area is 206 Å². The number of anilines is 1. The molecule has 1 aliphatic rings. The lowest BCUT2D eigenvalue weighted by Gasteiger charge is -2.45. The highest BCUT2D eigenvalue weighted by atomic mass is 19.4. The fraction of sp³-hybridized carbons (Fsp3) is 0.269. The Morgan fingerprint density at radius 2 is 1.78 bits per heavy atom. The van der Waals surface area contributed by atoms with E-state index in [9.17, 15) is 27.9 Å². The van der Waals surface area contributed by atoms with E-state index in [1.54, 1.807) is 24.3 Å². The number of aromatic nitrogens is 1. The van der Waals surface area contributed by atoms with Crippen molar-refractivity contribution in [2.75, 3.05) is 11.4 Å². The summed E-state index contributed by atoms with van der Waals surface area (Å²) in [4.78, 5) is 31.4. The van der Waals surface area contributed by atoms with Gasteiger partial charge in [-0.25, -0.2) is 4.79 Å². The van der Waals surface area contributed by atoms with Crippen LogP contribution in [0.4, 0.5) is 23.7 Å². The number of benzene rings is 2. The highest BCUT2D eigenvalue weighted by Crippen LogP contribution is 2.44. The van der Waals surface area contributed by atoms with Crippen molar-refractivity contribution < 1.29 is 27.9 Å². The Bertz CT molecular complexity index is 1210. The molecule has 36 heavy (non-hydrogen) atoms. The Kier molecular flexibility index (Phi) is 6.98. The van der Waals surface area contributed by atoms with Crippen molar-refractivity contribution in [3.05, 3.63) is 95.8 Å². The van der Waals surface area contributed by atoms with Gasteiger partial charge in [-0.2, -0.15) is 13.2 Å². The molecule has 2 aromatic carbocycles. The molecule has 188 valence electrons. The third-order valence-corrected chi connectivity index (χ3v) is 6.25. The fourth-order valence-electron chi connectivity index (χ4n) is 4.39. The molecule has 0 spiro atoms. The maximum absolute atomic E-state index is 14.1. The zero-order chi connectivity index (χ0) is 25.9. The molecular weight excluding hydrogens is 473 g/mol. The molecule has 7 nitrogen and oxygen atoms in total. The molecule has 1 saturated heterocycles. The molecule has 3 aromatic rings. The minimum Gasteiger partial charge on any atom is -0.367 e. The number of alkyl halides is 3. The molecule has 4 rings (SSSR count). The van der Waals surface area contributed by atoms with Crippen molar-refractivity contribution in [2.24, 2.45) is 5.92 Å². The normalized spacial score (nSPS) is 21.9. The van der Waals surface area contributed by atoms with Crippen molar-refractivity contribution in [1.82, 2.24) is 15.6 Å². The van der Waals surface area contributed by atoms with Gasteiger partial charge in [-0.05, 0) is 42.3 Å². The second-order valence-electron chi connectivity index (χ2n) is 8.52. The van der Waals surface area contributed by atoms with E-state index in [-0.39, 0.29) is 11.1 Å². The molecule has 0 saturated carbocycles. The number of hydrogen-bond donors (Lipinski definition) is 3. The van der Waals surface area contributed by atoms with E-state index in [1.807, 2.05) is 37.3 Å². The monoisotopic (exact) mass is 498 g/mol. The molecule has 0 aliphatic carbocycles. The number of pyridine rings is 1. The number of nitrogens with zero attached hydrogens (tertiary/aromatic N) is 2. The Morgan fingerprint density at radius 1 is 1.08 bits per heavy atom. The smallest absolute Gasteiger partial charge is 0.367 e. The van der Waals surface area contributed by atoms with Gasteiger partial charge < -0.3 is 20.6 Å². The van der Waals surface area contributed by atoms with Gasteiger partial charge >= 0.3 is 12.2 Å². The van der Waals surface area contributed by atoms with Crippen LogP contribution in [0, 0.1) is 5.92 Å². The number of nitrogens with one attached hydrogen (secondary N) is 2. The van der Waals surface area contributed by atoms with E-state index in [0.717, 1.165) is 17.4 Å². The lowest BCUT2D eigenvalue weighted by Crippen LogP contribution is -2.72. The second kappa shape index (κ2) is 9.98. The summed E-state index contributed by atoms with van der Waals surface area (Å²) in [6.45, 7) is 3.28. The number of Topliss-reactive ketones (excluding diaryl/α,β-unsaturated/α-hetero) is 1.